The van der Waals surface area contributed by atoms with Crippen molar-refractivity contribution in [3.8, 4) is 11.5 Å². The van der Waals surface area contributed by atoms with Crippen LogP contribution in [0.5, 0.6) is 11.5 Å². The molecule has 124 valence electrons. The van der Waals surface area contributed by atoms with Gasteiger partial charge in [-0.1, -0.05) is 13.8 Å². The predicted octanol–water partition coefficient (Wildman–Crippen LogP) is 3.04. The zero-order chi connectivity index (χ0) is 16.8. The highest BCUT2D eigenvalue weighted by Gasteiger charge is 2.68. The Balaban J connectivity index is 1.92. The van der Waals surface area contributed by atoms with E-state index < -0.39 is 5.41 Å². The number of Topliss-reactive ketones (excluding diaryl/α,β-unsaturated/α-hetero) is 1. The quantitative estimate of drug-likeness (QED) is 0.867. The van der Waals surface area contributed by atoms with Crippen LogP contribution in [-0.4, -0.2) is 25.9 Å². The van der Waals surface area contributed by atoms with Gasteiger partial charge in [-0.2, -0.15) is 0 Å². The molecule has 3 rings (SSSR count). The maximum Gasteiger partial charge on any atom is 0.238 e. The standard InChI is InChI=1S/C18H23NO4/c1-17(2)11-7-8-18(17,15(20)9-11)16(21)19-13-6-5-12(22-3)10-14(13)23-4/h5-6,10-11H,7-9H2,1-4H3,(H,19,21). The van der Waals surface area contributed by atoms with Crippen molar-refractivity contribution in [2.75, 3.05) is 19.5 Å². The van der Waals surface area contributed by atoms with Crippen LogP contribution in [0.2, 0.25) is 0 Å². The lowest BCUT2D eigenvalue weighted by Gasteiger charge is -2.35. The Morgan fingerprint density at radius 3 is 2.52 bits per heavy atom. The molecule has 2 atom stereocenters. The molecule has 1 N–H and O–H groups in total. The van der Waals surface area contributed by atoms with Crippen LogP contribution in [-0.2, 0) is 9.59 Å². The molecule has 0 saturated heterocycles. The third kappa shape index (κ3) is 2.06. The number of ketones is 1. The van der Waals surface area contributed by atoms with Gasteiger partial charge in [-0.3, -0.25) is 9.59 Å². The molecule has 5 nitrogen and oxygen atoms in total. The Labute approximate surface area is 136 Å². The molecule has 1 amide bonds. The van der Waals surface area contributed by atoms with Crippen molar-refractivity contribution in [2.24, 2.45) is 16.7 Å². The fourth-order valence-corrected chi connectivity index (χ4v) is 4.34. The van der Waals surface area contributed by atoms with Crippen LogP contribution in [0.15, 0.2) is 18.2 Å². The largest absolute Gasteiger partial charge is 0.497 e. The van der Waals surface area contributed by atoms with Crippen molar-refractivity contribution in [1.29, 1.82) is 0 Å². The van der Waals surface area contributed by atoms with Gasteiger partial charge in [0.1, 0.15) is 22.7 Å². The minimum Gasteiger partial charge on any atom is -0.497 e. The minimum absolute atomic E-state index is 0.0729. The van der Waals surface area contributed by atoms with Crippen LogP contribution < -0.4 is 14.8 Å². The molecule has 1 aromatic rings. The Morgan fingerprint density at radius 1 is 1.26 bits per heavy atom. The average Bonchev–Trinajstić information content (AvgIpc) is 2.90. The lowest BCUT2D eigenvalue weighted by molar-refractivity contribution is -0.141. The zero-order valence-electron chi connectivity index (χ0n) is 14.1. The lowest BCUT2D eigenvalue weighted by atomic mass is 9.68. The number of ether oxygens (including phenoxy) is 2. The van der Waals surface area contributed by atoms with Crippen molar-refractivity contribution < 1.29 is 19.1 Å². The fraction of sp³-hybridized carbons (Fsp3) is 0.556. The van der Waals surface area contributed by atoms with E-state index in [0.29, 0.717) is 35.9 Å². The third-order valence-electron chi connectivity index (χ3n) is 5.94. The first-order valence-corrected chi connectivity index (χ1v) is 7.93. The van der Waals surface area contributed by atoms with Gasteiger partial charge in [0.05, 0.1) is 19.9 Å². The maximum absolute atomic E-state index is 13.0. The molecular weight excluding hydrogens is 294 g/mol. The van der Waals surface area contributed by atoms with Crippen LogP contribution >= 0.6 is 0 Å². The van der Waals surface area contributed by atoms with Crippen LogP contribution in [0.1, 0.15) is 33.1 Å². The van der Waals surface area contributed by atoms with E-state index in [1.54, 1.807) is 32.4 Å². The van der Waals surface area contributed by atoms with Gasteiger partial charge in [0.25, 0.3) is 0 Å². The highest BCUT2D eigenvalue weighted by atomic mass is 16.5. The molecule has 2 bridgehead atoms. The molecule has 1 aromatic carbocycles. The first-order chi connectivity index (χ1) is 10.9. The van der Waals surface area contributed by atoms with Gasteiger partial charge in [0, 0.05) is 12.5 Å². The summed E-state index contributed by atoms with van der Waals surface area (Å²) in [5.41, 5.74) is -0.650. The summed E-state index contributed by atoms with van der Waals surface area (Å²) in [5.74, 6) is 1.33. The topological polar surface area (TPSA) is 64.6 Å². The highest BCUT2D eigenvalue weighted by Crippen LogP contribution is 2.64. The van der Waals surface area contributed by atoms with Crippen molar-refractivity contribution in [3.63, 3.8) is 0 Å². The van der Waals surface area contributed by atoms with E-state index >= 15 is 0 Å². The maximum atomic E-state index is 13.0. The highest BCUT2D eigenvalue weighted by molar-refractivity contribution is 6.14. The number of amides is 1. The summed E-state index contributed by atoms with van der Waals surface area (Å²) >= 11 is 0. The van der Waals surface area contributed by atoms with Crippen molar-refractivity contribution in [1.82, 2.24) is 0 Å². The Hall–Kier alpha value is -2.04. The van der Waals surface area contributed by atoms with Gasteiger partial charge in [-0.25, -0.2) is 0 Å². The number of hydrogen-bond acceptors (Lipinski definition) is 4. The number of anilines is 1. The second kappa shape index (κ2) is 5.25. The summed E-state index contributed by atoms with van der Waals surface area (Å²) in [5, 5.41) is 2.92. The van der Waals surface area contributed by atoms with Crippen LogP contribution in [0.3, 0.4) is 0 Å². The molecule has 2 fully saturated rings. The van der Waals surface area contributed by atoms with E-state index in [2.05, 4.69) is 5.32 Å². The molecule has 2 aliphatic carbocycles. The normalized spacial score (nSPS) is 27.8. The molecule has 5 heteroatoms. The summed E-state index contributed by atoms with van der Waals surface area (Å²) in [4.78, 5) is 25.6. The molecule has 0 spiro atoms. The average molecular weight is 317 g/mol. The van der Waals surface area contributed by atoms with Crippen LogP contribution in [0.4, 0.5) is 5.69 Å². The number of hydrogen-bond donors (Lipinski definition) is 1. The second-order valence-corrected chi connectivity index (χ2v) is 7.01. The minimum atomic E-state index is -0.914. The number of nitrogens with one attached hydrogen (secondary N) is 1. The van der Waals surface area contributed by atoms with Gasteiger partial charge in [-0.15, -0.1) is 0 Å². The Morgan fingerprint density at radius 2 is 2.00 bits per heavy atom. The van der Waals surface area contributed by atoms with E-state index in [-0.39, 0.29) is 17.1 Å². The summed E-state index contributed by atoms with van der Waals surface area (Å²) in [6.45, 7) is 4.08. The van der Waals surface area contributed by atoms with Crippen LogP contribution in [0.25, 0.3) is 0 Å². The summed E-state index contributed by atoms with van der Waals surface area (Å²) in [6.07, 6.45) is 2.08. The molecule has 2 aliphatic rings. The van der Waals surface area contributed by atoms with E-state index in [0.717, 1.165) is 6.42 Å². The summed E-state index contributed by atoms with van der Waals surface area (Å²) in [6, 6.07) is 5.21. The number of fused-ring (bicyclic) bond motifs is 2. The number of benzene rings is 1. The van der Waals surface area contributed by atoms with Crippen molar-refractivity contribution in [2.45, 2.75) is 33.1 Å². The van der Waals surface area contributed by atoms with Gasteiger partial charge in [0.2, 0.25) is 5.91 Å². The molecule has 23 heavy (non-hydrogen) atoms. The molecule has 0 aliphatic heterocycles. The van der Waals surface area contributed by atoms with E-state index in [9.17, 15) is 9.59 Å². The fourth-order valence-electron chi connectivity index (χ4n) is 4.34. The molecule has 2 saturated carbocycles. The van der Waals surface area contributed by atoms with E-state index in [1.807, 2.05) is 13.8 Å². The van der Waals surface area contributed by atoms with Gasteiger partial charge in [-0.05, 0) is 36.3 Å². The van der Waals surface area contributed by atoms with Gasteiger partial charge < -0.3 is 14.8 Å². The lowest BCUT2D eigenvalue weighted by Crippen LogP contribution is -2.46. The van der Waals surface area contributed by atoms with Gasteiger partial charge in [0.15, 0.2) is 0 Å². The molecule has 0 aromatic heterocycles. The Kier molecular flexibility index (Phi) is 3.62. The zero-order valence-corrected chi connectivity index (χ0v) is 14.1. The molecule has 2 unspecified atom stereocenters. The second-order valence-electron chi connectivity index (χ2n) is 7.01. The first-order valence-electron chi connectivity index (χ1n) is 7.93. The molecule has 0 heterocycles. The first kappa shape index (κ1) is 15.8. The van der Waals surface area contributed by atoms with Gasteiger partial charge >= 0.3 is 0 Å². The van der Waals surface area contributed by atoms with E-state index in [4.69, 9.17) is 9.47 Å². The van der Waals surface area contributed by atoms with Crippen LogP contribution in [0, 0.1) is 16.7 Å². The molecule has 0 radical (unpaired) electrons. The number of carbonyl (C=O) groups excluding carboxylic acids is 2. The van der Waals surface area contributed by atoms with Crippen molar-refractivity contribution >= 4 is 17.4 Å². The molecular formula is C18H23NO4. The smallest absolute Gasteiger partial charge is 0.238 e. The Bertz CT molecular complexity index is 667. The predicted molar refractivity (Wildman–Crippen MR) is 86.7 cm³/mol. The van der Waals surface area contributed by atoms with Crippen molar-refractivity contribution in [3.05, 3.63) is 18.2 Å². The summed E-state index contributed by atoms with van der Waals surface area (Å²) < 4.78 is 10.5. The third-order valence-corrected chi connectivity index (χ3v) is 5.94. The number of rotatable bonds is 4. The number of methoxy groups -OCH3 is 2. The number of carbonyl (C=O) groups is 2. The summed E-state index contributed by atoms with van der Waals surface area (Å²) in [7, 11) is 3.11. The monoisotopic (exact) mass is 317 g/mol. The van der Waals surface area contributed by atoms with E-state index in [1.165, 1.54) is 0 Å². The SMILES string of the molecule is COc1ccc(NC(=O)C23CCC(CC2=O)C3(C)C)c(OC)c1.